The molecule has 2 N–H and O–H groups in total. The van der Waals surface area contributed by atoms with Gasteiger partial charge in [-0.25, -0.2) is 4.79 Å². The van der Waals surface area contributed by atoms with E-state index in [2.05, 4.69) is 10.6 Å². The lowest BCUT2D eigenvalue weighted by Gasteiger charge is -2.25. The Balaban J connectivity index is 2.12. The molecule has 0 aliphatic rings. The predicted octanol–water partition coefficient (Wildman–Crippen LogP) is 3.84. The zero-order chi connectivity index (χ0) is 18.2. The van der Waals surface area contributed by atoms with Crippen molar-refractivity contribution in [3.63, 3.8) is 0 Å². The maximum absolute atomic E-state index is 12.8. The van der Waals surface area contributed by atoms with Crippen LogP contribution in [0.2, 0.25) is 0 Å². The maximum Gasteiger partial charge on any atom is 0.326 e. The van der Waals surface area contributed by atoms with Crippen LogP contribution in [-0.4, -0.2) is 24.0 Å². The van der Waals surface area contributed by atoms with Crippen molar-refractivity contribution < 1.29 is 9.59 Å². The van der Waals surface area contributed by atoms with Gasteiger partial charge in [0.2, 0.25) is 5.91 Å². The van der Waals surface area contributed by atoms with Gasteiger partial charge in [0.05, 0.1) is 11.4 Å². The third kappa shape index (κ3) is 5.64. The topological polar surface area (TPSA) is 61.4 Å². The molecule has 0 heterocycles. The predicted molar refractivity (Wildman–Crippen MR) is 101 cm³/mol. The highest BCUT2D eigenvalue weighted by Gasteiger charge is 2.20. The number of nitrogens with zero attached hydrogens (tertiary/aromatic N) is 1. The van der Waals surface area contributed by atoms with E-state index in [1.165, 1.54) is 0 Å². The van der Waals surface area contributed by atoms with Gasteiger partial charge in [-0.05, 0) is 45.0 Å². The number of carbonyl (C=O) groups is 2. The molecule has 5 nitrogen and oxygen atoms in total. The van der Waals surface area contributed by atoms with Crippen LogP contribution < -0.4 is 15.5 Å². The summed E-state index contributed by atoms with van der Waals surface area (Å²) in [5.74, 6) is -0.0752. The van der Waals surface area contributed by atoms with E-state index < -0.39 is 0 Å². The average molecular weight is 339 g/mol. The van der Waals surface area contributed by atoms with Crippen molar-refractivity contribution in [2.24, 2.45) is 0 Å². The van der Waals surface area contributed by atoms with E-state index in [0.717, 1.165) is 11.4 Å². The van der Waals surface area contributed by atoms with Crippen molar-refractivity contribution in [1.29, 1.82) is 0 Å². The van der Waals surface area contributed by atoms with Crippen LogP contribution in [0.15, 0.2) is 60.7 Å². The number of nitrogens with one attached hydrogen (secondary N) is 2. The van der Waals surface area contributed by atoms with Crippen molar-refractivity contribution in [3.8, 4) is 0 Å². The first-order valence-corrected chi connectivity index (χ1v) is 8.47. The van der Waals surface area contributed by atoms with Gasteiger partial charge >= 0.3 is 6.03 Å². The smallest absolute Gasteiger partial charge is 0.326 e. The summed E-state index contributed by atoms with van der Waals surface area (Å²) < 4.78 is 0. The quantitative estimate of drug-likeness (QED) is 0.840. The van der Waals surface area contributed by atoms with Gasteiger partial charge in [-0.3, -0.25) is 9.69 Å². The van der Waals surface area contributed by atoms with E-state index in [1.807, 2.05) is 81.4 Å². The number of urea groups is 1. The van der Waals surface area contributed by atoms with Gasteiger partial charge in [0, 0.05) is 18.5 Å². The lowest BCUT2D eigenvalue weighted by Crippen LogP contribution is -2.44. The Morgan fingerprint density at radius 1 is 0.840 bits per heavy atom. The number of benzene rings is 2. The Bertz CT molecular complexity index is 647. The van der Waals surface area contributed by atoms with Crippen molar-refractivity contribution in [3.05, 3.63) is 60.7 Å². The molecule has 0 aromatic heterocycles. The third-order valence-corrected chi connectivity index (χ3v) is 3.54. The molecule has 0 saturated heterocycles. The summed E-state index contributed by atoms with van der Waals surface area (Å²) in [6.07, 6.45) is 0.237. The summed E-state index contributed by atoms with van der Waals surface area (Å²) in [4.78, 5) is 26.3. The molecule has 0 bridgehead atoms. The molecule has 3 amide bonds. The first-order valence-electron chi connectivity index (χ1n) is 8.47. The van der Waals surface area contributed by atoms with Crippen molar-refractivity contribution in [2.45, 2.75) is 39.3 Å². The summed E-state index contributed by atoms with van der Waals surface area (Å²) in [7, 11) is 0. The minimum Gasteiger partial charge on any atom is -0.354 e. The van der Waals surface area contributed by atoms with Crippen molar-refractivity contribution in [2.75, 3.05) is 4.90 Å². The second-order valence-corrected chi connectivity index (χ2v) is 6.28. The highest BCUT2D eigenvalue weighted by Crippen LogP contribution is 2.25. The van der Waals surface area contributed by atoms with Gasteiger partial charge in [-0.2, -0.15) is 0 Å². The zero-order valence-electron chi connectivity index (χ0n) is 14.9. The minimum atomic E-state index is -0.277. The molecular weight excluding hydrogens is 314 g/mol. The molecule has 0 aliphatic heterocycles. The SMILES string of the molecule is CC(C)NC(=O)C[C@@H](C)NC(=O)N(c1ccccc1)c1ccccc1. The molecule has 2 rings (SSSR count). The van der Waals surface area contributed by atoms with Gasteiger partial charge < -0.3 is 10.6 Å². The van der Waals surface area contributed by atoms with Crippen LogP contribution in [0.4, 0.5) is 16.2 Å². The molecule has 5 heteroatoms. The van der Waals surface area contributed by atoms with Crippen molar-refractivity contribution >= 4 is 23.3 Å². The summed E-state index contributed by atoms with van der Waals surface area (Å²) in [5, 5.41) is 5.74. The molecule has 132 valence electrons. The summed E-state index contributed by atoms with van der Waals surface area (Å²) in [6, 6.07) is 18.4. The molecule has 2 aromatic rings. The fourth-order valence-corrected chi connectivity index (χ4v) is 2.52. The van der Waals surface area contributed by atoms with Crippen LogP contribution in [0.1, 0.15) is 27.2 Å². The van der Waals surface area contributed by atoms with Gasteiger partial charge in [-0.1, -0.05) is 36.4 Å². The molecule has 0 spiro atoms. The van der Waals surface area contributed by atoms with E-state index in [-0.39, 0.29) is 30.4 Å². The molecule has 2 aromatic carbocycles. The molecule has 0 unspecified atom stereocenters. The normalized spacial score (nSPS) is 11.7. The van der Waals surface area contributed by atoms with Crippen LogP contribution in [0.5, 0.6) is 0 Å². The van der Waals surface area contributed by atoms with Crippen LogP contribution >= 0.6 is 0 Å². The standard InChI is InChI=1S/C20H25N3O2/c1-15(2)21-19(24)14-16(3)22-20(25)23(17-10-6-4-7-11-17)18-12-8-5-9-13-18/h4-13,15-16H,14H2,1-3H3,(H,21,24)(H,22,25)/t16-/m1/s1. The molecule has 0 radical (unpaired) electrons. The van der Waals surface area contributed by atoms with E-state index in [1.54, 1.807) is 4.90 Å². The van der Waals surface area contributed by atoms with Gasteiger partial charge in [0.25, 0.3) is 0 Å². The number of para-hydroxylation sites is 2. The number of rotatable bonds is 6. The highest BCUT2D eigenvalue weighted by molar-refractivity contribution is 5.99. The number of amides is 3. The van der Waals surface area contributed by atoms with Crippen molar-refractivity contribution in [1.82, 2.24) is 10.6 Å². The number of hydrogen-bond donors (Lipinski definition) is 2. The first-order chi connectivity index (χ1) is 12.0. The monoisotopic (exact) mass is 339 g/mol. The fraction of sp³-hybridized carbons (Fsp3) is 0.300. The Labute approximate surface area is 149 Å². The van der Waals surface area contributed by atoms with E-state index in [9.17, 15) is 9.59 Å². The van der Waals surface area contributed by atoms with Gasteiger partial charge in [-0.15, -0.1) is 0 Å². The Hall–Kier alpha value is -2.82. The molecule has 0 saturated carbocycles. The summed E-state index contributed by atoms with van der Waals surface area (Å²) in [5.41, 5.74) is 1.54. The Morgan fingerprint density at radius 2 is 1.32 bits per heavy atom. The lowest BCUT2D eigenvalue weighted by molar-refractivity contribution is -0.121. The van der Waals surface area contributed by atoms with E-state index >= 15 is 0 Å². The molecule has 1 atom stereocenters. The minimum absolute atomic E-state index is 0.0752. The average Bonchev–Trinajstić information content (AvgIpc) is 2.56. The third-order valence-electron chi connectivity index (χ3n) is 3.54. The van der Waals surface area contributed by atoms with Gasteiger partial charge in [0.1, 0.15) is 0 Å². The number of carbonyl (C=O) groups excluding carboxylic acids is 2. The molecular formula is C20H25N3O2. The van der Waals surface area contributed by atoms with E-state index in [0.29, 0.717) is 0 Å². The Kier molecular flexibility index (Phi) is 6.57. The second-order valence-electron chi connectivity index (χ2n) is 6.28. The van der Waals surface area contributed by atoms with Gasteiger partial charge in [0.15, 0.2) is 0 Å². The first kappa shape index (κ1) is 18.5. The number of hydrogen-bond acceptors (Lipinski definition) is 2. The zero-order valence-corrected chi connectivity index (χ0v) is 14.9. The molecule has 25 heavy (non-hydrogen) atoms. The number of anilines is 2. The second kappa shape index (κ2) is 8.87. The highest BCUT2D eigenvalue weighted by atomic mass is 16.2. The largest absolute Gasteiger partial charge is 0.354 e. The molecule has 0 aliphatic carbocycles. The summed E-state index contributed by atoms with van der Waals surface area (Å²) >= 11 is 0. The van der Waals surface area contributed by atoms with Crippen LogP contribution in [0.3, 0.4) is 0 Å². The van der Waals surface area contributed by atoms with Crippen LogP contribution in [-0.2, 0) is 4.79 Å². The molecule has 0 fully saturated rings. The lowest BCUT2D eigenvalue weighted by atomic mass is 10.2. The summed E-state index contributed by atoms with van der Waals surface area (Å²) in [6.45, 7) is 5.65. The maximum atomic E-state index is 12.8. The Morgan fingerprint density at radius 3 is 1.76 bits per heavy atom. The fourth-order valence-electron chi connectivity index (χ4n) is 2.52. The van der Waals surface area contributed by atoms with Crippen LogP contribution in [0.25, 0.3) is 0 Å². The van der Waals surface area contributed by atoms with E-state index in [4.69, 9.17) is 0 Å². The van der Waals surface area contributed by atoms with Crippen LogP contribution in [0, 0.1) is 0 Å².